The fraction of sp³-hybridized carbons (Fsp3) is 0.619. The zero-order valence-electron chi connectivity index (χ0n) is 15.8. The first-order chi connectivity index (χ1) is 13.1. The maximum absolute atomic E-state index is 12.5. The molecular formula is C21H29ClN2O3. The Morgan fingerprint density at radius 3 is 2.26 bits per heavy atom. The van der Waals surface area contributed by atoms with E-state index < -0.39 is 0 Å². The maximum atomic E-state index is 12.5. The third-order valence-corrected chi connectivity index (χ3v) is 5.85. The van der Waals surface area contributed by atoms with Crippen LogP contribution < -0.4 is 10.1 Å². The lowest BCUT2D eigenvalue weighted by atomic mass is 9.95. The highest BCUT2D eigenvalue weighted by Gasteiger charge is 2.28. The Balaban J connectivity index is 1.39. The number of rotatable bonds is 5. The van der Waals surface area contributed by atoms with E-state index in [1.165, 1.54) is 25.7 Å². The van der Waals surface area contributed by atoms with Crippen LogP contribution in [0.1, 0.15) is 51.4 Å². The van der Waals surface area contributed by atoms with Gasteiger partial charge in [-0.1, -0.05) is 37.3 Å². The molecule has 3 rings (SSSR count). The first kappa shape index (κ1) is 20.0. The maximum Gasteiger partial charge on any atom is 0.260 e. The molecule has 2 amide bonds. The third kappa shape index (κ3) is 6.13. The zero-order valence-corrected chi connectivity index (χ0v) is 16.5. The van der Waals surface area contributed by atoms with E-state index in [0.29, 0.717) is 29.9 Å². The van der Waals surface area contributed by atoms with Crippen LogP contribution in [0.25, 0.3) is 0 Å². The molecule has 2 aliphatic rings. The van der Waals surface area contributed by atoms with Crippen LogP contribution in [0.15, 0.2) is 24.3 Å². The van der Waals surface area contributed by atoms with Gasteiger partial charge in [-0.15, -0.1) is 0 Å². The highest BCUT2D eigenvalue weighted by atomic mass is 35.5. The number of likely N-dealkylation sites (tertiary alicyclic amines) is 1. The molecule has 1 N–H and O–H groups in total. The van der Waals surface area contributed by atoms with Gasteiger partial charge in [0.05, 0.1) is 0 Å². The number of nitrogens with zero attached hydrogens (tertiary/aromatic N) is 1. The summed E-state index contributed by atoms with van der Waals surface area (Å²) in [5, 5.41) is 3.88. The monoisotopic (exact) mass is 392 g/mol. The van der Waals surface area contributed by atoms with Crippen LogP contribution >= 0.6 is 11.6 Å². The van der Waals surface area contributed by atoms with Crippen molar-refractivity contribution in [3.8, 4) is 5.75 Å². The molecule has 0 unspecified atom stereocenters. The van der Waals surface area contributed by atoms with Crippen molar-refractivity contribution < 1.29 is 14.3 Å². The SMILES string of the molecule is O=C(NC1CCCCCC1)C1CCN(C(=O)COc2ccc(Cl)cc2)CC1. The summed E-state index contributed by atoms with van der Waals surface area (Å²) in [4.78, 5) is 26.7. The smallest absolute Gasteiger partial charge is 0.260 e. The Labute approximate surface area is 166 Å². The number of carbonyl (C=O) groups is 2. The molecule has 1 aliphatic carbocycles. The molecular weight excluding hydrogens is 364 g/mol. The van der Waals surface area contributed by atoms with Crippen molar-refractivity contribution >= 4 is 23.4 Å². The summed E-state index contributed by atoms with van der Waals surface area (Å²) in [7, 11) is 0. The number of hydrogen-bond acceptors (Lipinski definition) is 3. The summed E-state index contributed by atoms with van der Waals surface area (Å²) in [5.41, 5.74) is 0. The van der Waals surface area contributed by atoms with Crippen molar-refractivity contribution in [1.29, 1.82) is 0 Å². The number of benzene rings is 1. The van der Waals surface area contributed by atoms with E-state index in [0.717, 1.165) is 25.7 Å². The number of carbonyl (C=O) groups excluding carboxylic acids is 2. The molecule has 0 atom stereocenters. The fourth-order valence-corrected chi connectivity index (χ4v) is 4.03. The van der Waals surface area contributed by atoms with Crippen LogP contribution in [0, 0.1) is 5.92 Å². The van der Waals surface area contributed by atoms with Gasteiger partial charge in [0.15, 0.2) is 6.61 Å². The molecule has 1 aromatic rings. The minimum atomic E-state index is -0.0347. The topological polar surface area (TPSA) is 58.6 Å². The first-order valence-corrected chi connectivity index (χ1v) is 10.5. The predicted molar refractivity (Wildman–Crippen MR) is 106 cm³/mol. The molecule has 2 fully saturated rings. The molecule has 0 bridgehead atoms. The normalized spacial score (nSPS) is 19.4. The molecule has 0 radical (unpaired) electrons. The van der Waals surface area contributed by atoms with Crippen LogP contribution in [0.2, 0.25) is 5.02 Å². The summed E-state index contributed by atoms with van der Waals surface area (Å²) >= 11 is 5.84. The second-order valence-corrected chi connectivity index (χ2v) is 8.03. The number of piperidine rings is 1. The van der Waals surface area contributed by atoms with E-state index in [1.54, 1.807) is 29.2 Å². The summed E-state index contributed by atoms with van der Waals surface area (Å²) in [6.45, 7) is 1.25. The van der Waals surface area contributed by atoms with Crippen molar-refractivity contribution in [2.45, 2.75) is 57.4 Å². The molecule has 1 saturated carbocycles. The molecule has 6 heteroatoms. The van der Waals surface area contributed by atoms with Gasteiger partial charge in [-0.3, -0.25) is 9.59 Å². The van der Waals surface area contributed by atoms with E-state index in [-0.39, 0.29) is 24.3 Å². The molecule has 1 aromatic carbocycles. The summed E-state index contributed by atoms with van der Waals surface area (Å²) in [6.07, 6.45) is 8.65. The number of nitrogens with one attached hydrogen (secondary N) is 1. The summed E-state index contributed by atoms with van der Waals surface area (Å²) in [5.74, 6) is 0.791. The van der Waals surface area contributed by atoms with Crippen LogP contribution in [0.3, 0.4) is 0 Å². The highest BCUT2D eigenvalue weighted by Crippen LogP contribution is 2.21. The van der Waals surface area contributed by atoms with Crippen molar-refractivity contribution in [2.75, 3.05) is 19.7 Å². The molecule has 0 aromatic heterocycles. The number of amides is 2. The van der Waals surface area contributed by atoms with E-state index >= 15 is 0 Å². The van der Waals surface area contributed by atoms with E-state index in [1.807, 2.05) is 0 Å². The Hall–Kier alpha value is -1.75. The minimum Gasteiger partial charge on any atom is -0.484 e. The van der Waals surface area contributed by atoms with Gasteiger partial charge in [-0.25, -0.2) is 0 Å². The Morgan fingerprint density at radius 1 is 1.00 bits per heavy atom. The van der Waals surface area contributed by atoms with Gasteiger partial charge < -0.3 is 15.0 Å². The molecule has 1 saturated heterocycles. The second kappa shape index (κ2) is 9.98. The molecule has 0 spiro atoms. The quantitative estimate of drug-likeness (QED) is 0.775. The van der Waals surface area contributed by atoms with Gasteiger partial charge in [0.2, 0.25) is 5.91 Å². The van der Waals surface area contributed by atoms with Crippen LogP contribution in [0.5, 0.6) is 5.75 Å². The zero-order chi connectivity index (χ0) is 19.1. The lowest BCUT2D eigenvalue weighted by Gasteiger charge is -2.32. The second-order valence-electron chi connectivity index (χ2n) is 7.59. The largest absolute Gasteiger partial charge is 0.484 e. The van der Waals surface area contributed by atoms with Gasteiger partial charge in [0.1, 0.15) is 5.75 Å². The number of hydrogen-bond donors (Lipinski definition) is 1. The van der Waals surface area contributed by atoms with Crippen molar-refractivity contribution in [1.82, 2.24) is 10.2 Å². The number of halogens is 1. The van der Waals surface area contributed by atoms with E-state index in [2.05, 4.69) is 5.32 Å². The molecule has 27 heavy (non-hydrogen) atoms. The molecule has 1 heterocycles. The fourth-order valence-electron chi connectivity index (χ4n) is 3.90. The first-order valence-electron chi connectivity index (χ1n) is 10.1. The van der Waals surface area contributed by atoms with Crippen molar-refractivity contribution in [3.05, 3.63) is 29.3 Å². The molecule has 5 nitrogen and oxygen atoms in total. The minimum absolute atomic E-state index is 0.0145. The van der Waals surface area contributed by atoms with Gasteiger partial charge >= 0.3 is 0 Å². The third-order valence-electron chi connectivity index (χ3n) is 5.60. The average molecular weight is 393 g/mol. The predicted octanol–water partition coefficient (Wildman–Crippen LogP) is 3.80. The summed E-state index contributed by atoms with van der Waals surface area (Å²) in [6, 6.07) is 7.31. The number of ether oxygens (including phenoxy) is 1. The lowest BCUT2D eigenvalue weighted by Crippen LogP contribution is -2.46. The Kier molecular flexibility index (Phi) is 7.39. The van der Waals surface area contributed by atoms with E-state index in [4.69, 9.17) is 16.3 Å². The summed E-state index contributed by atoms with van der Waals surface area (Å²) < 4.78 is 5.53. The average Bonchev–Trinajstić information content (AvgIpc) is 2.96. The Bertz CT molecular complexity index is 619. The van der Waals surface area contributed by atoms with Gasteiger partial charge in [-0.2, -0.15) is 0 Å². The van der Waals surface area contributed by atoms with Gasteiger partial charge in [0.25, 0.3) is 5.91 Å². The van der Waals surface area contributed by atoms with Crippen molar-refractivity contribution in [3.63, 3.8) is 0 Å². The van der Waals surface area contributed by atoms with Crippen molar-refractivity contribution in [2.24, 2.45) is 5.92 Å². The lowest BCUT2D eigenvalue weighted by molar-refractivity contribution is -0.137. The van der Waals surface area contributed by atoms with Crippen LogP contribution in [-0.2, 0) is 9.59 Å². The van der Waals surface area contributed by atoms with Gasteiger partial charge in [0, 0.05) is 30.1 Å². The molecule has 1 aliphatic heterocycles. The van der Waals surface area contributed by atoms with Crippen LogP contribution in [-0.4, -0.2) is 42.5 Å². The van der Waals surface area contributed by atoms with E-state index in [9.17, 15) is 9.59 Å². The molecule has 148 valence electrons. The highest BCUT2D eigenvalue weighted by molar-refractivity contribution is 6.30. The Morgan fingerprint density at radius 2 is 1.63 bits per heavy atom. The van der Waals surface area contributed by atoms with Gasteiger partial charge in [-0.05, 0) is 49.9 Å². The standard InChI is InChI=1S/C21H29ClN2O3/c22-17-7-9-19(10-8-17)27-15-20(25)24-13-11-16(12-14-24)21(26)23-18-5-3-1-2-4-6-18/h7-10,16,18H,1-6,11-15H2,(H,23,26). The van der Waals surface area contributed by atoms with Crippen LogP contribution in [0.4, 0.5) is 0 Å².